The van der Waals surface area contributed by atoms with Gasteiger partial charge in [-0.3, -0.25) is 25.7 Å². The van der Waals surface area contributed by atoms with Gasteiger partial charge >= 0.3 is 5.69 Å². The van der Waals surface area contributed by atoms with Crippen LogP contribution in [-0.2, 0) is 0 Å². The molecule has 0 aliphatic rings. The lowest BCUT2D eigenvalue weighted by molar-refractivity contribution is -0.393. The third-order valence-corrected chi connectivity index (χ3v) is 3.90. The largest absolute Gasteiger partial charge is 0.496 e. The molecule has 0 fully saturated rings. The SMILES string of the molecule is COc1cc(OC)c(C=NNc2ccc([N+](=O)[O-])cc2[N+](=O)[O-])cc1Br. The van der Waals surface area contributed by atoms with Gasteiger partial charge in [0.2, 0.25) is 0 Å². The Balaban J connectivity index is 2.30. The second-order valence-corrected chi connectivity index (χ2v) is 5.67. The monoisotopic (exact) mass is 424 g/mol. The Bertz CT molecular complexity index is 887. The number of hydrogen-bond donors (Lipinski definition) is 1. The molecule has 0 aromatic heterocycles. The van der Waals surface area contributed by atoms with Gasteiger partial charge in [0.05, 0.1) is 40.8 Å². The first kappa shape index (κ1) is 19.1. The van der Waals surface area contributed by atoms with Crippen molar-refractivity contribution >= 4 is 39.2 Å². The van der Waals surface area contributed by atoms with Gasteiger partial charge in [0.15, 0.2) is 0 Å². The fourth-order valence-electron chi connectivity index (χ4n) is 2.03. The standard InChI is InChI=1S/C15H13BrN4O6/c1-25-14-7-15(26-2)11(16)5-9(14)8-17-18-12-4-3-10(19(21)22)6-13(12)20(23)24/h3-8,18H,1-2H3. The number of non-ortho nitro benzene ring substituents is 1. The summed E-state index contributed by atoms with van der Waals surface area (Å²) >= 11 is 3.34. The lowest BCUT2D eigenvalue weighted by Gasteiger charge is -2.09. The van der Waals surface area contributed by atoms with Crippen LogP contribution in [0, 0.1) is 20.2 Å². The van der Waals surface area contributed by atoms with Crippen LogP contribution in [0.1, 0.15) is 5.56 Å². The molecule has 0 saturated heterocycles. The molecule has 0 heterocycles. The third kappa shape index (κ3) is 4.25. The first-order valence-corrected chi connectivity index (χ1v) is 7.80. The van der Waals surface area contributed by atoms with Crippen molar-refractivity contribution in [1.29, 1.82) is 0 Å². The number of anilines is 1. The Morgan fingerprint density at radius 2 is 1.77 bits per heavy atom. The molecule has 10 nitrogen and oxygen atoms in total. The van der Waals surface area contributed by atoms with Crippen LogP contribution in [0.3, 0.4) is 0 Å². The number of benzene rings is 2. The van der Waals surface area contributed by atoms with E-state index in [1.54, 1.807) is 12.1 Å². The summed E-state index contributed by atoms with van der Waals surface area (Å²) in [6.45, 7) is 0. The highest BCUT2D eigenvalue weighted by Gasteiger charge is 2.19. The van der Waals surface area contributed by atoms with Crippen LogP contribution in [0.15, 0.2) is 39.9 Å². The van der Waals surface area contributed by atoms with E-state index in [9.17, 15) is 20.2 Å². The van der Waals surface area contributed by atoms with Crippen LogP contribution in [0.25, 0.3) is 0 Å². The molecule has 0 aliphatic carbocycles. The van der Waals surface area contributed by atoms with E-state index in [4.69, 9.17) is 9.47 Å². The zero-order valence-electron chi connectivity index (χ0n) is 13.6. The summed E-state index contributed by atoms with van der Waals surface area (Å²) in [7, 11) is 3.00. The quantitative estimate of drug-likeness (QED) is 0.407. The van der Waals surface area contributed by atoms with E-state index in [2.05, 4.69) is 26.5 Å². The molecule has 0 atom stereocenters. The highest BCUT2D eigenvalue weighted by molar-refractivity contribution is 9.10. The maximum atomic E-state index is 11.1. The van der Waals surface area contributed by atoms with E-state index < -0.39 is 15.5 Å². The van der Waals surface area contributed by atoms with Gasteiger partial charge in [-0.05, 0) is 28.1 Å². The van der Waals surface area contributed by atoms with Crippen molar-refractivity contribution in [2.24, 2.45) is 5.10 Å². The Labute approximate surface area is 155 Å². The van der Waals surface area contributed by atoms with Crippen molar-refractivity contribution in [2.75, 3.05) is 19.6 Å². The first-order valence-electron chi connectivity index (χ1n) is 7.00. The van der Waals surface area contributed by atoms with Crippen molar-refractivity contribution in [1.82, 2.24) is 0 Å². The van der Waals surface area contributed by atoms with E-state index in [1.165, 1.54) is 26.5 Å². The maximum absolute atomic E-state index is 11.1. The van der Waals surface area contributed by atoms with Crippen molar-refractivity contribution in [3.05, 3.63) is 60.6 Å². The molecular formula is C15H13BrN4O6. The molecule has 0 bridgehead atoms. The molecule has 2 aromatic carbocycles. The van der Waals surface area contributed by atoms with E-state index in [0.29, 0.717) is 21.5 Å². The van der Waals surface area contributed by atoms with Gasteiger partial charge in [-0.2, -0.15) is 5.10 Å². The summed E-state index contributed by atoms with van der Waals surface area (Å²) in [5, 5.41) is 25.8. The van der Waals surface area contributed by atoms with Gasteiger partial charge in [-0.25, -0.2) is 0 Å². The first-order chi connectivity index (χ1) is 12.4. The highest BCUT2D eigenvalue weighted by Crippen LogP contribution is 2.32. The predicted molar refractivity (Wildman–Crippen MR) is 98.2 cm³/mol. The molecule has 0 unspecified atom stereocenters. The van der Waals surface area contributed by atoms with Crippen LogP contribution >= 0.6 is 15.9 Å². The number of hydrazone groups is 1. The normalized spacial score (nSPS) is 10.6. The maximum Gasteiger partial charge on any atom is 0.301 e. The summed E-state index contributed by atoms with van der Waals surface area (Å²) in [4.78, 5) is 20.4. The molecule has 2 aromatic rings. The summed E-state index contributed by atoms with van der Waals surface area (Å²) in [6.07, 6.45) is 1.40. The lowest BCUT2D eigenvalue weighted by Crippen LogP contribution is -1.99. The third-order valence-electron chi connectivity index (χ3n) is 3.28. The van der Waals surface area contributed by atoms with Gasteiger partial charge in [-0.1, -0.05) is 0 Å². The summed E-state index contributed by atoms with van der Waals surface area (Å²) < 4.78 is 11.1. The number of nitro groups is 2. The van der Waals surface area contributed by atoms with Crippen LogP contribution in [0.5, 0.6) is 11.5 Å². The van der Waals surface area contributed by atoms with Gasteiger partial charge in [-0.15, -0.1) is 0 Å². The van der Waals surface area contributed by atoms with E-state index >= 15 is 0 Å². The number of halogens is 1. The van der Waals surface area contributed by atoms with Crippen molar-refractivity contribution in [2.45, 2.75) is 0 Å². The Hall–Kier alpha value is -3.21. The van der Waals surface area contributed by atoms with Crippen LogP contribution in [0.2, 0.25) is 0 Å². The second kappa shape index (κ2) is 8.25. The molecule has 2 rings (SSSR count). The summed E-state index contributed by atoms with van der Waals surface area (Å²) in [5.41, 5.74) is 2.27. The van der Waals surface area contributed by atoms with Crippen molar-refractivity contribution in [3.8, 4) is 11.5 Å². The van der Waals surface area contributed by atoms with E-state index in [1.807, 2.05) is 0 Å². The fourth-order valence-corrected chi connectivity index (χ4v) is 2.56. The number of ether oxygens (including phenoxy) is 2. The molecule has 0 aliphatic heterocycles. The van der Waals surface area contributed by atoms with E-state index in [0.717, 1.165) is 12.1 Å². The Kier molecular flexibility index (Phi) is 6.07. The molecule has 0 saturated carbocycles. The smallest absolute Gasteiger partial charge is 0.301 e. The molecule has 0 amide bonds. The number of hydrogen-bond acceptors (Lipinski definition) is 8. The molecule has 1 N–H and O–H groups in total. The number of methoxy groups -OCH3 is 2. The predicted octanol–water partition coefficient (Wildman–Crippen LogP) is 3.73. The minimum atomic E-state index is -0.727. The average molecular weight is 425 g/mol. The summed E-state index contributed by atoms with van der Waals surface area (Å²) in [5.74, 6) is 1.05. The molecule has 11 heteroatoms. The van der Waals surface area contributed by atoms with E-state index in [-0.39, 0.29) is 11.4 Å². The molecule has 26 heavy (non-hydrogen) atoms. The van der Waals surface area contributed by atoms with Crippen LogP contribution in [-0.4, -0.2) is 30.3 Å². The minimum Gasteiger partial charge on any atom is -0.496 e. The van der Waals surface area contributed by atoms with Crippen molar-refractivity contribution in [3.63, 3.8) is 0 Å². The molecule has 136 valence electrons. The second-order valence-electron chi connectivity index (χ2n) is 4.81. The van der Waals surface area contributed by atoms with Crippen LogP contribution < -0.4 is 14.9 Å². The summed E-state index contributed by atoms with van der Waals surface area (Å²) in [6, 6.07) is 6.58. The highest BCUT2D eigenvalue weighted by atomic mass is 79.9. The van der Waals surface area contributed by atoms with Gasteiger partial charge in [0.25, 0.3) is 5.69 Å². The number of nitro benzene ring substituents is 2. The Morgan fingerprint density at radius 1 is 1.08 bits per heavy atom. The molecule has 0 radical (unpaired) electrons. The zero-order chi connectivity index (χ0) is 19.3. The molecular weight excluding hydrogens is 412 g/mol. The topological polar surface area (TPSA) is 129 Å². The van der Waals surface area contributed by atoms with Gasteiger partial charge < -0.3 is 9.47 Å². The zero-order valence-corrected chi connectivity index (χ0v) is 15.2. The minimum absolute atomic E-state index is 0.0170. The fraction of sp³-hybridized carbons (Fsp3) is 0.133. The number of nitrogens with one attached hydrogen (secondary N) is 1. The lowest BCUT2D eigenvalue weighted by atomic mass is 10.2. The Morgan fingerprint density at radius 3 is 2.35 bits per heavy atom. The number of rotatable bonds is 7. The van der Waals surface area contributed by atoms with Crippen molar-refractivity contribution < 1.29 is 19.3 Å². The van der Waals surface area contributed by atoms with Gasteiger partial charge in [0.1, 0.15) is 17.2 Å². The van der Waals surface area contributed by atoms with Crippen LogP contribution in [0.4, 0.5) is 17.1 Å². The van der Waals surface area contributed by atoms with Gasteiger partial charge in [0, 0.05) is 17.7 Å². The average Bonchev–Trinajstić information content (AvgIpc) is 2.61. The number of nitrogens with zero attached hydrogens (tertiary/aromatic N) is 3. The molecule has 0 spiro atoms.